The van der Waals surface area contributed by atoms with Crippen LogP contribution in [0, 0.1) is 0 Å². The Morgan fingerprint density at radius 3 is 2.78 bits per heavy atom. The number of aryl methyl sites for hydroxylation is 1. The highest BCUT2D eigenvalue weighted by Gasteiger charge is 2.38. The minimum Gasteiger partial charge on any atom is -0.324 e. The van der Waals surface area contributed by atoms with Gasteiger partial charge in [0, 0.05) is 17.6 Å². The summed E-state index contributed by atoms with van der Waals surface area (Å²) in [7, 11) is 1.91. The fraction of sp³-hybridized carbons (Fsp3) is 0.438. The molecule has 0 aliphatic carbocycles. The summed E-state index contributed by atoms with van der Waals surface area (Å²) in [5.41, 5.74) is 0.408. The smallest absolute Gasteiger partial charge is 0.244 e. The van der Waals surface area contributed by atoms with Crippen LogP contribution in [0.1, 0.15) is 26.2 Å². The van der Waals surface area contributed by atoms with Crippen LogP contribution in [0.5, 0.6) is 0 Å². The minimum atomic E-state index is -0.411. The Hall–Kier alpha value is -1.86. The minimum absolute atomic E-state index is 0.0613. The van der Waals surface area contributed by atoms with Crippen LogP contribution >= 0.6 is 11.8 Å². The molecule has 2 heterocycles. The summed E-state index contributed by atoms with van der Waals surface area (Å²) >= 11 is 1.54. The van der Waals surface area contributed by atoms with Crippen molar-refractivity contribution in [2.75, 3.05) is 11.9 Å². The summed E-state index contributed by atoms with van der Waals surface area (Å²) in [4.78, 5) is 13.6. The van der Waals surface area contributed by atoms with Gasteiger partial charge >= 0.3 is 0 Å². The maximum Gasteiger partial charge on any atom is 0.244 e. The molecule has 1 aromatic carbocycles. The van der Waals surface area contributed by atoms with Gasteiger partial charge in [-0.3, -0.25) is 4.79 Å². The number of amides is 1. The molecule has 1 aliphatic rings. The Kier molecular flexibility index (Phi) is 4.68. The summed E-state index contributed by atoms with van der Waals surface area (Å²) < 4.78 is 1.87. The van der Waals surface area contributed by atoms with E-state index in [1.165, 1.54) is 0 Å². The Bertz CT molecular complexity index is 676. The van der Waals surface area contributed by atoms with Crippen LogP contribution in [-0.4, -0.2) is 32.8 Å². The average Bonchev–Trinajstić information content (AvgIpc) is 3.20. The van der Waals surface area contributed by atoms with Crippen LogP contribution in [0.25, 0.3) is 0 Å². The van der Waals surface area contributed by atoms with Gasteiger partial charge in [-0.1, -0.05) is 6.92 Å². The molecule has 1 aromatic heterocycles. The van der Waals surface area contributed by atoms with Gasteiger partial charge in [-0.2, -0.15) is 0 Å². The third kappa shape index (κ3) is 3.40. The molecule has 0 radical (unpaired) electrons. The molecule has 0 spiro atoms. The Labute approximate surface area is 140 Å². The van der Waals surface area contributed by atoms with E-state index in [0.717, 1.165) is 41.5 Å². The molecule has 0 unspecified atom stereocenters. The van der Waals surface area contributed by atoms with Crippen molar-refractivity contribution in [3.05, 3.63) is 30.6 Å². The van der Waals surface area contributed by atoms with Crippen LogP contribution in [0.3, 0.4) is 0 Å². The predicted molar refractivity (Wildman–Crippen MR) is 90.5 cm³/mol. The second-order valence-corrected chi connectivity index (χ2v) is 6.81. The Morgan fingerprint density at radius 1 is 1.43 bits per heavy atom. The Balaban J connectivity index is 1.65. The zero-order valence-electron chi connectivity index (χ0n) is 13.4. The maximum atomic E-state index is 12.6. The third-order valence-corrected chi connectivity index (χ3v) is 5.33. The van der Waals surface area contributed by atoms with Gasteiger partial charge < -0.3 is 15.2 Å². The van der Waals surface area contributed by atoms with Crippen LogP contribution in [0.15, 0.2) is 40.6 Å². The van der Waals surface area contributed by atoms with Gasteiger partial charge in [0.2, 0.25) is 5.91 Å². The standard InChI is InChI=1S/C16H21N5OS/c1-3-16(9-4-10-17-16)14(22)19-12-5-7-13(8-6-12)23-15-20-18-11-21(15)2/h5-8,11,17H,3-4,9-10H2,1-2H3,(H,19,22)/t16-/m0/s1. The molecule has 1 amide bonds. The number of rotatable bonds is 5. The van der Waals surface area contributed by atoms with Crippen molar-refractivity contribution >= 4 is 23.4 Å². The molecule has 1 fully saturated rings. The van der Waals surface area contributed by atoms with E-state index in [2.05, 4.69) is 27.8 Å². The van der Waals surface area contributed by atoms with Gasteiger partial charge in [0.25, 0.3) is 0 Å². The number of carbonyl (C=O) groups is 1. The van der Waals surface area contributed by atoms with E-state index in [4.69, 9.17) is 0 Å². The van der Waals surface area contributed by atoms with Crippen LogP contribution in [0.2, 0.25) is 0 Å². The number of anilines is 1. The number of hydrogen-bond donors (Lipinski definition) is 2. The van der Waals surface area contributed by atoms with E-state index in [1.54, 1.807) is 18.1 Å². The molecule has 2 N–H and O–H groups in total. The Morgan fingerprint density at radius 2 is 2.22 bits per heavy atom. The average molecular weight is 331 g/mol. The van der Waals surface area contributed by atoms with E-state index in [9.17, 15) is 4.79 Å². The number of nitrogens with zero attached hydrogens (tertiary/aromatic N) is 3. The number of carbonyl (C=O) groups excluding carboxylic acids is 1. The fourth-order valence-corrected chi connectivity index (χ4v) is 3.55. The van der Waals surface area contributed by atoms with Crippen LogP contribution in [-0.2, 0) is 11.8 Å². The topological polar surface area (TPSA) is 71.8 Å². The van der Waals surface area contributed by atoms with E-state index in [0.29, 0.717) is 0 Å². The van der Waals surface area contributed by atoms with Crippen molar-refractivity contribution in [1.82, 2.24) is 20.1 Å². The fourth-order valence-electron chi connectivity index (χ4n) is 2.79. The number of aromatic nitrogens is 3. The summed E-state index contributed by atoms with van der Waals surface area (Å²) in [6, 6.07) is 7.81. The molecule has 1 saturated heterocycles. The lowest BCUT2D eigenvalue weighted by atomic mass is 9.93. The monoisotopic (exact) mass is 331 g/mol. The van der Waals surface area contributed by atoms with E-state index in [-0.39, 0.29) is 5.91 Å². The van der Waals surface area contributed by atoms with Crippen LogP contribution in [0.4, 0.5) is 5.69 Å². The lowest BCUT2D eigenvalue weighted by Gasteiger charge is -2.26. The lowest BCUT2D eigenvalue weighted by Crippen LogP contribution is -2.50. The molecular formula is C16H21N5OS. The molecular weight excluding hydrogens is 310 g/mol. The van der Waals surface area contributed by atoms with E-state index >= 15 is 0 Å². The van der Waals surface area contributed by atoms with Crippen molar-refractivity contribution in [3.8, 4) is 0 Å². The molecule has 0 bridgehead atoms. The molecule has 0 saturated carbocycles. The first-order valence-electron chi connectivity index (χ1n) is 7.81. The summed E-state index contributed by atoms with van der Waals surface area (Å²) in [6.45, 7) is 2.97. The van der Waals surface area contributed by atoms with E-state index < -0.39 is 5.54 Å². The second kappa shape index (κ2) is 6.72. The number of nitrogens with one attached hydrogen (secondary N) is 2. The molecule has 7 heteroatoms. The number of benzene rings is 1. The van der Waals surface area contributed by atoms with Gasteiger partial charge in [-0.15, -0.1) is 10.2 Å². The van der Waals surface area contributed by atoms with Gasteiger partial charge in [0.05, 0.1) is 5.54 Å². The highest BCUT2D eigenvalue weighted by Crippen LogP contribution is 2.28. The highest BCUT2D eigenvalue weighted by atomic mass is 32.2. The summed E-state index contributed by atoms with van der Waals surface area (Å²) in [6.07, 6.45) is 4.43. The van der Waals surface area contributed by atoms with Gasteiger partial charge in [-0.05, 0) is 61.8 Å². The third-order valence-electron chi connectivity index (χ3n) is 4.27. The molecule has 122 valence electrons. The first-order chi connectivity index (χ1) is 11.1. The second-order valence-electron chi connectivity index (χ2n) is 5.77. The van der Waals surface area contributed by atoms with Gasteiger partial charge in [0.1, 0.15) is 6.33 Å². The van der Waals surface area contributed by atoms with Crippen molar-refractivity contribution in [2.45, 2.75) is 41.8 Å². The normalized spacial score (nSPS) is 20.6. The zero-order valence-corrected chi connectivity index (χ0v) is 14.2. The van der Waals surface area contributed by atoms with Crippen molar-refractivity contribution < 1.29 is 4.79 Å². The summed E-state index contributed by atoms with van der Waals surface area (Å²) in [5.74, 6) is 0.0613. The molecule has 6 nitrogen and oxygen atoms in total. The van der Waals surface area contributed by atoms with Crippen LogP contribution < -0.4 is 10.6 Å². The SMILES string of the molecule is CC[C@@]1(C(=O)Nc2ccc(Sc3nncn3C)cc2)CCCN1. The highest BCUT2D eigenvalue weighted by molar-refractivity contribution is 7.99. The predicted octanol–water partition coefficient (Wildman–Crippen LogP) is 2.44. The summed E-state index contributed by atoms with van der Waals surface area (Å²) in [5, 5.41) is 15.1. The first-order valence-corrected chi connectivity index (χ1v) is 8.63. The zero-order chi connectivity index (χ0) is 16.3. The first kappa shape index (κ1) is 16.0. The van der Waals surface area contributed by atoms with Gasteiger partial charge in [-0.25, -0.2) is 0 Å². The molecule has 2 aromatic rings. The quantitative estimate of drug-likeness (QED) is 0.880. The molecule has 3 rings (SSSR count). The lowest BCUT2D eigenvalue weighted by molar-refractivity contribution is -0.122. The van der Waals surface area contributed by atoms with Crippen molar-refractivity contribution in [3.63, 3.8) is 0 Å². The molecule has 1 atom stereocenters. The largest absolute Gasteiger partial charge is 0.324 e. The van der Waals surface area contributed by atoms with Crippen molar-refractivity contribution in [1.29, 1.82) is 0 Å². The number of hydrogen-bond acceptors (Lipinski definition) is 5. The van der Waals surface area contributed by atoms with Gasteiger partial charge in [0.15, 0.2) is 5.16 Å². The molecule has 1 aliphatic heterocycles. The van der Waals surface area contributed by atoms with E-state index in [1.807, 2.05) is 35.9 Å². The maximum absolute atomic E-state index is 12.6. The van der Waals surface area contributed by atoms with Crippen molar-refractivity contribution in [2.24, 2.45) is 7.05 Å². The molecule has 23 heavy (non-hydrogen) atoms.